The molecule has 6 heteroatoms. The van der Waals surface area contributed by atoms with Crippen LogP contribution in [-0.2, 0) is 0 Å². The molecule has 0 aliphatic rings. The molecular formula is C14H18N4O2. The SMILES string of the molecule is COc1cc(NCCC(=N)N)c2nccc(C)c2c1O. The van der Waals surface area contributed by atoms with Gasteiger partial charge in [-0.05, 0) is 18.6 Å². The molecule has 0 unspecified atom stereocenters. The minimum Gasteiger partial charge on any atom is -0.504 e. The fourth-order valence-corrected chi connectivity index (χ4v) is 2.07. The molecule has 1 aromatic heterocycles. The zero-order valence-electron chi connectivity index (χ0n) is 11.5. The summed E-state index contributed by atoms with van der Waals surface area (Å²) in [6, 6.07) is 3.53. The van der Waals surface area contributed by atoms with Crippen molar-refractivity contribution in [3.05, 3.63) is 23.9 Å². The van der Waals surface area contributed by atoms with Gasteiger partial charge >= 0.3 is 0 Å². The molecule has 0 saturated heterocycles. The van der Waals surface area contributed by atoms with E-state index in [-0.39, 0.29) is 11.6 Å². The summed E-state index contributed by atoms with van der Waals surface area (Å²) in [5, 5.41) is 21.3. The predicted molar refractivity (Wildman–Crippen MR) is 79.7 cm³/mol. The Bertz CT molecular complexity index is 655. The van der Waals surface area contributed by atoms with Gasteiger partial charge < -0.3 is 20.9 Å². The quantitative estimate of drug-likeness (QED) is 0.379. The molecule has 0 amide bonds. The second kappa shape index (κ2) is 5.64. The largest absolute Gasteiger partial charge is 0.504 e. The predicted octanol–water partition coefficient (Wildman–Crippen LogP) is 2.00. The van der Waals surface area contributed by atoms with E-state index in [1.54, 1.807) is 12.3 Å². The second-order valence-corrected chi connectivity index (χ2v) is 4.53. The number of ether oxygens (including phenoxy) is 1. The average Bonchev–Trinajstić information content (AvgIpc) is 2.41. The number of phenolic OH excluding ortho intramolecular Hbond substituents is 1. The van der Waals surface area contributed by atoms with Crippen LogP contribution in [0.1, 0.15) is 12.0 Å². The maximum absolute atomic E-state index is 10.2. The normalized spacial score (nSPS) is 10.5. The molecule has 0 bridgehead atoms. The third-order valence-corrected chi connectivity index (χ3v) is 3.09. The van der Waals surface area contributed by atoms with E-state index in [0.29, 0.717) is 29.6 Å². The standard InChI is InChI=1S/C14H18N4O2/c1-8-3-5-18-13-9(17-6-4-11(15)16)7-10(20-2)14(19)12(8)13/h3,5,7,17,19H,4,6H2,1-2H3,(H3,15,16). The van der Waals surface area contributed by atoms with Crippen LogP contribution in [0.2, 0.25) is 0 Å². The van der Waals surface area contributed by atoms with E-state index < -0.39 is 0 Å². The third-order valence-electron chi connectivity index (χ3n) is 3.09. The summed E-state index contributed by atoms with van der Waals surface area (Å²) in [6.07, 6.45) is 2.14. The van der Waals surface area contributed by atoms with Crippen LogP contribution in [0.3, 0.4) is 0 Å². The number of aromatic nitrogens is 1. The van der Waals surface area contributed by atoms with Crippen molar-refractivity contribution >= 4 is 22.4 Å². The Morgan fingerprint density at radius 3 is 2.95 bits per heavy atom. The van der Waals surface area contributed by atoms with Crippen molar-refractivity contribution in [3.8, 4) is 11.5 Å². The first-order chi connectivity index (χ1) is 9.54. The summed E-state index contributed by atoms with van der Waals surface area (Å²) in [7, 11) is 1.51. The number of nitrogens with two attached hydrogens (primary N) is 1. The Hall–Kier alpha value is -2.50. The molecule has 2 rings (SSSR count). The molecule has 2 aromatic rings. The Balaban J connectivity index is 2.50. The summed E-state index contributed by atoms with van der Waals surface area (Å²) in [5.74, 6) is 0.598. The Morgan fingerprint density at radius 1 is 1.55 bits per heavy atom. The summed E-state index contributed by atoms with van der Waals surface area (Å²) in [5.41, 5.74) is 7.68. The molecule has 0 radical (unpaired) electrons. The van der Waals surface area contributed by atoms with Crippen LogP contribution in [-0.4, -0.2) is 29.6 Å². The van der Waals surface area contributed by atoms with Crippen molar-refractivity contribution in [1.82, 2.24) is 4.98 Å². The van der Waals surface area contributed by atoms with E-state index >= 15 is 0 Å². The van der Waals surface area contributed by atoms with Gasteiger partial charge in [0.1, 0.15) is 0 Å². The molecule has 0 atom stereocenters. The van der Waals surface area contributed by atoms with E-state index in [4.69, 9.17) is 15.9 Å². The number of nitrogens with one attached hydrogen (secondary N) is 2. The summed E-state index contributed by atoms with van der Waals surface area (Å²) < 4.78 is 5.19. The van der Waals surface area contributed by atoms with E-state index in [1.807, 2.05) is 13.0 Å². The highest BCUT2D eigenvalue weighted by Gasteiger charge is 2.14. The maximum Gasteiger partial charge on any atom is 0.167 e. The van der Waals surface area contributed by atoms with Gasteiger partial charge in [0.25, 0.3) is 0 Å². The number of hydrogen-bond donors (Lipinski definition) is 4. The molecule has 20 heavy (non-hydrogen) atoms. The van der Waals surface area contributed by atoms with Gasteiger partial charge in [-0.15, -0.1) is 0 Å². The fourth-order valence-electron chi connectivity index (χ4n) is 2.07. The lowest BCUT2D eigenvalue weighted by Crippen LogP contribution is -2.15. The van der Waals surface area contributed by atoms with Crippen molar-refractivity contribution in [2.75, 3.05) is 19.0 Å². The van der Waals surface area contributed by atoms with E-state index in [9.17, 15) is 5.11 Å². The zero-order chi connectivity index (χ0) is 14.7. The Kier molecular flexibility index (Phi) is 3.93. The van der Waals surface area contributed by atoms with Crippen molar-refractivity contribution in [3.63, 3.8) is 0 Å². The maximum atomic E-state index is 10.2. The van der Waals surface area contributed by atoms with Crippen LogP contribution in [0, 0.1) is 12.3 Å². The first kappa shape index (κ1) is 13.9. The van der Waals surface area contributed by atoms with Crippen LogP contribution in [0.4, 0.5) is 5.69 Å². The molecule has 6 nitrogen and oxygen atoms in total. The van der Waals surface area contributed by atoms with Gasteiger partial charge in [0.2, 0.25) is 0 Å². The minimum absolute atomic E-state index is 0.0882. The molecule has 0 aliphatic heterocycles. The molecule has 0 saturated carbocycles. The van der Waals surface area contributed by atoms with Crippen LogP contribution in [0.5, 0.6) is 11.5 Å². The van der Waals surface area contributed by atoms with Crippen LogP contribution in [0.15, 0.2) is 18.3 Å². The van der Waals surface area contributed by atoms with E-state index in [0.717, 1.165) is 11.3 Å². The van der Waals surface area contributed by atoms with Gasteiger partial charge in [0.05, 0.1) is 29.5 Å². The Labute approximate surface area is 117 Å². The molecule has 0 fully saturated rings. The fraction of sp³-hybridized carbons (Fsp3) is 0.286. The van der Waals surface area contributed by atoms with Crippen molar-refractivity contribution in [2.45, 2.75) is 13.3 Å². The van der Waals surface area contributed by atoms with Crippen LogP contribution < -0.4 is 15.8 Å². The second-order valence-electron chi connectivity index (χ2n) is 4.53. The molecule has 5 N–H and O–H groups in total. The van der Waals surface area contributed by atoms with Crippen molar-refractivity contribution in [1.29, 1.82) is 5.41 Å². The minimum atomic E-state index is 0.0882. The number of methoxy groups -OCH3 is 1. The summed E-state index contributed by atoms with van der Waals surface area (Å²) in [4.78, 5) is 4.31. The molecular weight excluding hydrogens is 256 g/mol. The van der Waals surface area contributed by atoms with Gasteiger partial charge in [-0.25, -0.2) is 0 Å². The number of nitrogens with zero attached hydrogens (tertiary/aromatic N) is 1. The van der Waals surface area contributed by atoms with Gasteiger partial charge in [0, 0.05) is 25.2 Å². The number of pyridine rings is 1. The molecule has 0 spiro atoms. The van der Waals surface area contributed by atoms with Gasteiger partial charge in [-0.1, -0.05) is 0 Å². The molecule has 1 heterocycles. The highest BCUT2D eigenvalue weighted by molar-refractivity contribution is 5.99. The summed E-state index contributed by atoms with van der Waals surface area (Å²) in [6.45, 7) is 2.43. The lowest BCUT2D eigenvalue weighted by Gasteiger charge is -2.14. The van der Waals surface area contributed by atoms with Gasteiger partial charge in [-0.2, -0.15) is 0 Å². The number of hydrogen-bond acceptors (Lipinski definition) is 5. The number of amidine groups is 1. The number of aryl methyl sites for hydroxylation is 1. The number of fused-ring (bicyclic) bond motifs is 1. The number of aromatic hydroxyl groups is 1. The van der Waals surface area contributed by atoms with E-state index in [2.05, 4.69) is 10.3 Å². The number of phenols is 1. The molecule has 1 aromatic carbocycles. The highest BCUT2D eigenvalue weighted by atomic mass is 16.5. The van der Waals surface area contributed by atoms with Crippen molar-refractivity contribution < 1.29 is 9.84 Å². The van der Waals surface area contributed by atoms with Crippen LogP contribution >= 0.6 is 0 Å². The van der Waals surface area contributed by atoms with E-state index in [1.165, 1.54) is 7.11 Å². The zero-order valence-corrected chi connectivity index (χ0v) is 11.5. The smallest absolute Gasteiger partial charge is 0.167 e. The lowest BCUT2D eigenvalue weighted by atomic mass is 10.1. The van der Waals surface area contributed by atoms with Crippen LogP contribution in [0.25, 0.3) is 10.9 Å². The average molecular weight is 274 g/mol. The van der Waals surface area contributed by atoms with Crippen molar-refractivity contribution in [2.24, 2.45) is 5.73 Å². The first-order valence-electron chi connectivity index (χ1n) is 6.26. The van der Waals surface area contributed by atoms with Gasteiger partial charge in [0.15, 0.2) is 11.5 Å². The summed E-state index contributed by atoms with van der Waals surface area (Å²) >= 11 is 0. The molecule has 0 aliphatic carbocycles. The third kappa shape index (κ3) is 2.59. The van der Waals surface area contributed by atoms with Gasteiger partial charge in [-0.3, -0.25) is 10.4 Å². The number of anilines is 1. The first-order valence-corrected chi connectivity index (χ1v) is 6.26. The highest BCUT2D eigenvalue weighted by Crippen LogP contribution is 2.39. The topological polar surface area (TPSA) is 104 Å². The lowest BCUT2D eigenvalue weighted by molar-refractivity contribution is 0.376. The molecule has 106 valence electrons. The number of rotatable bonds is 5. The number of benzene rings is 1. The monoisotopic (exact) mass is 274 g/mol. The Morgan fingerprint density at radius 2 is 2.30 bits per heavy atom.